The van der Waals surface area contributed by atoms with Gasteiger partial charge in [-0.15, -0.1) is 0 Å². The molecule has 1 aliphatic rings. The molecule has 0 spiro atoms. The number of nitrogens with zero attached hydrogens (tertiary/aromatic N) is 2. The average molecular weight is 777 g/mol. The standard InChI is InChI=1S/C59H40N2/c1-4-19-42(20-5-1)49-26-13-16-30-56(49)60(48-35-37-53-52-28-14-17-31-57(52)61(58(53)40-48)46-33-32-41-18-10-11-21-43(41)38-46)47-34-36-51-50-27-12-15-29-54(50)59(55(51)39-47,44-22-6-2-7-23-44)45-24-8-3-9-25-45/h1-40H. The fourth-order valence-corrected chi connectivity index (χ4v) is 10.2. The molecule has 0 fully saturated rings. The largest absolute Gasteiger partial charge is 0.310 e. The molecule has 0 unspecified atom stereocenters. The van der Waals surface area contributed by atoms with Gasteiger partial charge in [0.25, 0.3) is 0 Å². The van der Waals surface area contributed by atoms with Crippen molar-refractivity contribution in [3.8, 4) is 27.9 Å². The van der Waals surface area contributed by atoms with Gasteiger partial charge < -0.3 is 9.47 Å². The number of hydrogen-bond donors (Lipinski definition) is 0. The molecule has 0 atom stereocenters. The molecule has 286 valence electrons. The van der Waals surface area contributed by atoms with Crippen molar-refractivity contribution >= 4 is 49.6 Å². The normalized spacial score (nSPS) is 12.7. The van der Waals surface area contributed by atoms with Crippen LogP contribution in [0.2, 0.25) is 0 Å². The lowest BCUT2D eigenvalue weighted by molar-refractivity contribution is 0.768. The van der Waals surface area contributed by atoms with Gasteiger partial charge in [-0.05, 0) is 98.2 Å². The lowest BCUT2D eigenvalue weighted by Gasteiger charge is -2.35. The number of fused-ring (bicyclic) bond motifs is 7. The zero-order valence-corrected chi connectivity index (χ0v) is 33.5. The SMILES string of the molecule is c1ccc(-c2ccccc2N(c2ccc3c(c2)C(c2ccccc2)(c2ccccc2)c2ccccc2-3)c2ccc3c4ccccc4n(-c4ccc5ccccc5c4)c3c2)cc1. The molecule has 2 heteroatoms. The molecular weight excluding hydrogens is 737 g/mol. The molecule has 0 saturated heterocycles. The number of para-hydroxylation sites is 2. The molecule has 0 saturated carbocycles. The monoisotopic (exact) mass is 776 g/mol. The van der Waals surface area contributed by atoms with Crippen LogP contribution >= 0.6 is 0 Å². The first-order valence-corrected chi connectivity index (χ1v) is 21.1. The van der Waals surface area contributed by atoms with Crippen LogP contribution in [0.5, 0.6) is 0 Å². The van der Waals surface area contributed by atoms with Crippen LogP contribution in [0.15, 0.2) is 243 Å². The predicted molar refractivity (Wildman–Crippen MR) is 256 cm³/mol. The summed E-state index contributed by atoms with van der Waals surface area (Å²) in [5.41, 5.74) is 16.2. The molecule has 0 N–H and O–H groups in total. The van der Waals surface area contributed by atoms with Gasteiger partial charge in [-0.2, -0.15) is 0 Å². The zero-order chi connectivity index (χ0) is 40.3. The van der Waals surface area contributed by atoms with Crippen LogP contribution in [0.4, 0.5) is 17.1 Å². The second-order valence-corrected chi connectivity index (χ2v) is 16.1. The van der Waals surface area contributed by atoms with E-state index >= 15 is 0 Å². The van der Waals surface area contributed by atoms with Crippen LogP contribution < -0.4 is 4.90 Å². The molecule has 1 aliphatic carbocycles. The summed E-state index contributed by atoms with van der Waals surface area (Å²) in [7, 11) is 0. The highest BCUT2D eigenvalue weighted by Crippen LogP contribution is 2.57. The first kappa shape index (κ1) is 35.0. The lowest BCUT2D eigenvalue weighted by atomic mass is 9.67. The Morgan fingerprint density at radius 2 is 0.918 bits per heavy atom. The first-order valence-electron chi connectivity index (χ1n) is 21.1. The van der Waals surface area contributed by atoms with Crippen molar-refractivity contribution in [2.45, 2.75) is 5.41 Å². The van der Waals surface area contributed by atoms with E-state index in [0.717, 1.165) is 28.3 Å². The van der Waals surface area contributed by atoms with E-state index in [1.807, 2.05) is 0 Å². The number of benzene rings is 10. The number of aromatic nitrogens is 1. The molecule has 0 amide bonds. The summed E-state index contributed by atoms with van der Waals surface area (Å²) in [6.07, 6.45) is 0. The van der Waals surface area contributed by atoms with Crippen molar-refractivity contribution in [3.05, 3.63) is 265 Å². The third-order valence-electron chi connectivity index (χ3n) is 12.8. The molecule has 0 aliphatic heterocycles. The van der Waals surface area contributed by atoms with Gasteiger partial charge in [0.05, 0.1) is 22.1 Å². The molecule has 1 aromatic heterocycles. The summed E-state index contributed by atoms with van der Waals surface area (Å²) in [6, 6.07) is 89.2. The smallest absolute Gasteiger partial charge is 0.0714 e. The van der Waals surface area contributed by atoms with E-state index < -0.39 is 5.41 Å². The average Bonchev–Trinajstić information content (AvgIpc) is 3.83. The van der Waals surface area contributed by atoms with Crippen LogP contribution in [0.25, 0.3) is 60.5 Å². The summed E-state index contributed by atoms with van der Waals surface area (Å²) in [4.78, 5) is 2.48. The van der Waals surface area contributed by atoms with E-state index in [0.29, 0.717) is 0 Å². The molecule has 1 heterocycles. The maximum Gasteiger partial charge on any atom is 0.0714 e. The van der Waals surface area contributed by atoms with E-state index in [4.69, 9.17) is 0 Å². The first-order chi connectivity index (χ1) is 30.3. The van der Waals surface area contributed by atoms with Crippen LogP contribution in [0.3, 0.4) is 0 Å². The van der Waals surface area contributed by atoms with Gasteiger partial charge >= 0.3 is 0 Å². The Bertz CT molecular complexity index is 3380. The number of rotatable bonds is 7. The summed E-state index contributed by atoms with van der Waals surface area (Å²) < 4.78 is 2.44. The highest BCUT2D eigenvalue weighted by Gasteiger charge is 2.46. The molecular formula is C59H40N2. The van der Waals surface area contributed by atoms with Crippen molar-refractivity contribution in [3.63, 3.8) is 0 Å². The molecule has 0 radical (unpaired) electrons. The van der Waals surface area contributed by atoms with Gasteiger partial charge in [-0.3, -0.25) is 0 Å². The molecule has 10 aromatic carbocycles. The summed E-state index contributed by atoms with van der Waals surface area (Å²) >= 11 is 0. The van der Waals surface area contributed by atoms with Crippen molar-refractivity contribution in [1.29, 1.82) is 0 Å². The Morgan fingerprint density at radius 3 is 1.70 bits per heavy atom. The molecule has 11 aromatic rings. The maximum atomic E-state index is 2.48. The van der Waals surface area contributed by atoms with E-state index in [1.54, 1.807) is 0 Å². The quantitative estimate of drug-likeness (QED) is 0.156. The van der Waals surface area contributed by atoms with Crippen molar-refractivity contribution < 1.29 is 0 Å². The minimum Gasteiger partial charge on any atom is -0.310 e. The van der Waals surface area contributed by atoms with Crippen molar-refractivity contribution in [2.75, 3.05) is 4.90 Å². The Morgan fingerprint density at radius 1 is 0.344 bits per heavy atom. The van der Waals surface area contributed by atoms with E-state index in [9.17, 15) is 0 Å². The van der Waals surface area contributed by atoms with E-state index in [1.165, 1.54) is 71.6 Å². The Kier molecular flexibility index (Phi) is 8.11. The van der Waals surface area contributed by atoms with Crippen LogP contribution in [-0.2, 0) is 5.41 Å². The number of hydrogen-bond acceptors (Lipinski definition) is 1. The highest BCUT2D eigenvalue weighted by molar-refractivity contribution is 6.11. The number of anilines is 3. The fraction of sp³-hybridized carbons (Fsp3) is 0.0169. The van der Waals surface area contributed by atoms with Gasteiger partial charge in [0.2, 0.25) is 0 Å². The topological polar surface area (TPSA) is 8.17 Å². The maximum absolute atomic E-state index is 2.48. The molecule has 2 nitrogen and oxygen atoms in total. The second-order valence-electron chi connectivity index (χ2n) is 16.1. The zero-order valence-electron chi connectivity index (χ0n) is 33.5. The Balaban J connectivity index is 1.15. The van der Waals surface area contributed by atoms with Crippen molar-refractivity contribution in [2.24, 2.45) is 0 Å². The summed E-state index contributed by atoms with van der Waals surface area (Å²) in [6.45, 7) is 0. The molecule has 61 heavy (non-hydrogen) atoms. The Hall–Kier alpha value is -7.94. The van der Waals surface area contributed by atoms with Gasteiger partial charge in [0.15, 0.2) is 0 Å². The van der Waals surface area contributed by atoms with Crippen molar-refractivity contribution in [1.82, 2.24) is 4.57 Å². The van der Waals surface area contributed by atoms with Gasteiger partial charge in [-0.25, -0.2) is 0 Å². The van der Waals surface area contributed by atoms with E-state index in [2.05, 4.69) is 252 Å². The molecule has 0 bridgehead atoms. The summed E-state index contributed by atoms with van der Waals surface area (Å²) in [5, 5.41) is 4.91. The van der Waals surface area contributed by atoms with Gasteiger partial charge in [0, 0.05) is 33.4 Å². The predicted octanol–water partition coefficient (Wildman–Crippen LogP) is 15.4. The fourth-order valence-electron chi connectivity index (χ4n) is 10.2. The van der Waals surface area contributed by atoms with E-state index in [-0.39, 0.29) is 0 Å². The molecule has 12 rings (SSSR count). The van der Waals surface area contributed by atoms with Crippen LogP contribution in [-0.4, -0.2) is 4.57 Å². The van der Waals surface area contributed by atoms with Crippen LogP contribution in [0.1, 0.15) is 22.3 Å². The Labute approximate surface area is 355 Å². The third-order valence-corrected chi connectivity index (χ3v) is 12.8. The van der Waals surface area contributed by atoms with Crippen LogP contribution in [0, 0.1) is 0 Å². The summed E-state index contributed by atoms with van der Waals surface area (Å²) in [5.74, 6) is 0. The van der Waals surface area contributed by atoms with Gasteiger partial charge in [0.1, 0.15) is 0 Å². The van der Waals surface area contributed by atoms with Gasteiger partial charge in [-0.1, -0.05) is 194 Å². The lowest BCUT2D eigenvalue weighted by Crippen LogP contribution is -2.28. The minimum absolute atomic E-state index is 0.526. The second kappa shape index (κ2) is 14.1. The highest BCUT2D eigenvalue weighted by atomic mass is 15.1. The third kappa shape index (κ3) is 5.43. The minimum atomic E-state index is -0.526.